The summed E-state index contributed by atoms with van der Waals surface area (Å²) in [6.07, 6.45) is 1.20. The number of hydrogen-bond acceptors (Lipinski definition) is 1. The van der Waals surface area contributed by atoms with Crippen LogP contribution in [0, 0.1) is 18.7 Å². The van der Waals surface area contributed by atoms with Gasteiger partial charge in [-0.05, 0) is 48.9 Å². The minimum Gasteiger partial charge on any atom is -0.314 e. The second kappa shape index (κ2) is 4.54. The number of nitrogens with one attached hydrogen (secondary N) is 1. The number of hydrogen-bond donors (Lipinski definition) is 1. The Morgan fingerprint density at radius 3 is 2.81 bits per heavy atom. The van der Waals surface area contributed by atoms with Gasteiger partial charge in [0.1, 0.15) is 5.82 Å². The van der Waals surface area contributed by atoms with Crippen molar-refractivity contribution in [3.8, 4) is 0 Å². The molecule has 0 aromatic heterocycles. The Bertz CT molecular complexity index is 373. The molecule has 88 valence electrons. The van der Waals surface area contributed by atoms with Gasteiger partial charge in [0.15, 0.2) is 0 Å². The molecular formula is C14H20FN. The second-order valence-corrected chi connectivity index (χ2v) is 5.17. The van der Waals surface area contributed by atoms with E-state index in [1.807, 2.05) is 13.0 Å². The van der Waals surface area contributed by atoms with Gasteiger partial charge in [-0.3, -0.25) is 0 Å². The van der Waals surface area contributed by atoms with Crippen LogP contribution in [0.5, 0.6) is 0 Å². The highest BCUT2D eigenvalue weighted by Crippen LogP contribution is 2.47. The Kier molecular flexibility index (Phi) is 3.29. The lowest BCUT2D eigenvalue weighted by Crippen LogP contribution is -2.25. The molecular weight excluding hydrogens is 201 g/mol. The van der Waals surface area contributed by atoms with E-state index >= 15 is 0 Å². The van der Waals surface area contributed by atoms with Gasteiger partial charge in [0.25, 0.3) is 0 Å². The first kappa shape index (κ1) is 11.6. The van der Waals surface area contributed by atoms with Crippen molar-refractivity contribution < 1.29 is 4.39 Å². The van der Waals surface area contributed by atoms with E-state index in [1.54, 1.807) is 6.07 Å². The van der Waals surface area contributed by atoms with Gasteiger partial charge in [-0.25, -0.2) is 4.39 Å². The highest BCUT2D eigenvalue weighted by molar-refractivity contribution is 5.30. The zero-order valence-electron chi connectivity index (χ0n) is 10.3. The standard InChI is InChI=1S/C14H20FN/c1-9(2)16-8-12-6-13(12)11-5-4-10(3)14(15)7-11/h4-5,7,9,12-13,16H,6,8H2,1-3H3. The first-order valence-corrected chi connectivity index (χ1v) is 6.07. The quantitative estimate of drug-likeness (QED) is 0.823. The fraction of sp³-hybridized carbons (Fsp3) is 0.571. The molecule has 2 atom stereocenters. The first-order valence-electron chi connectivity index (χ1n) is 6.07. The van der Waals surface area contributed by atoms with E-state index in [2.05, 4.69) is 25.2 Å². The Morgan fingerprint density at radius 2 is 2.19 bits per heavy atom. The van der Waals surface area contributed by atoms with Crippen LogP contribution in [0.2, 0.25) is 0 Å². The molecule has 1 nitrogen and oxygen atoms in total. The van der Waals surface area contributed by atoms with Crippen LogP contribution in [0.15, 0.2) is 18.2 Å². The third-order valence-corrected chi connectivity index (χ3v) is 3.33. The van der Waals surface area contributed by atoms with Gasteiger partial charge in [0.05, 0.1) is 0 Å². The van der Waals surface area contributed by atoms with Crippen LogP contribution < -0.4 is 5.32 Å². The molecule has 2 rings (SSSR count). The van der Waals surface area contributed by atoms with Crippen LogP contribution in [-0.2, 0) is 0 Å². The molecule has 1 aliphatic carbocycles. The molecule has 1 fully saturated rings. The third-order valence-electron chi connectivity index (χ3n) is 3.33. The Balaban J connectivity index is 1.93. The van der Waals surface area contributed by atoms with Crippen molar-refractivity contribution in [3.63, 3.8) is 0 Å². The summed E-state index contributed by atoms with van der Waals surface area (Å²) in [5, 5.41) is 3.44. The zero-order chi connectivity index (χ0) is 11.7. The maximum atomic E-state index is 13.4. The van der Waals surface area contributed by atoms with E-state index in [-0.39, 0.29) is 5.82 Å². The highest BCUT2D eigenvalue weighted by atomic mass is 19.1. The summed E-state index contributed by atoms with van der Waals surface area (Å²) in [6.45, 7) is 7.17. The summed E-state index contributed by atoms with van der Waals surface area (Å²) in [5.41, 5.74) is 1.90. The molecule has 2 heteroatoms. The molecule has 16 heavy (non-hydrogen) atoms. The van der Waals surface area contributed by atoms with Crippen LogP contribution in [-0.4, -0.2) is 12.6 Å². The van der Waals surface area contributed by atoms with Crippen molar-refractivity contribution in [1.29, 1.82) is 0 Å². The van der Waals surface area contributed by atoms with Crippen molar-refractivity contribution >= 4 is 0 Å². The van der Waals surface area contributed by atoms with Crippen molar-refractivity contribution in [2.75, 3.05) is 6.54 Å². The average molecular weight is 221 g/mol. The summed E-state index contributed by atoms with van der Waals surface area (Å²) >= 11 is 0. The Hall–Kier alpha value is -0.890. The van der Waals surface area contributed by atoms with Crippen LogP contribution >= 0.6 is 0 Å². The Labute approximate surface area is 97.1 Å². The van der Waals surface area contributed by atoms with Gasteiger partial charge in [0.2, 0.25) is 0 Å². The number of benzene rings is 1. The van der Waals surface area contributed by atoms with Crippen LogP contribution in [0.3, 0.4) is 0 Å². The second-order valence-electron chi connectivity index (χ2n) is 5.17. The Morgan fingerprint density at radius 1 is 1.44 bits per heavy atom. The summed E-state index contributed by atoms with van der Waals surface area (Å²) in [4.78, 5) is 0. The monoisotopic (exact) mass is 221 g/mol. The molecule has 2 unspecified atom stereocenters. The predicted molar refractivity (Wildman–Crippen MR) is 65.1 cm³/mol. The summed E-state index contributed by atoms with van der Waals surface area (Å²) in [6, 6.07) is 6.19. The number of rotatable bonds is 4. The van der Waals surface area contributed by atoms with E-state index in [9.17, 15) is 4.39 Å². The fourth-order valence-corrected chi connectivity index (χ4v) is 2.11. The van der Waals surface area contributed by atoms with E-state index in [1.165, 1.54) is 12.0 Å². The van der Waals surface area contributed by atoms with E-state index in [4.69, 9.17) is 0 Å². The SMILES string of the molecule is Cc1ccc(C2CC2CNC(C)C)cc1F. The molecule has 0 amide bonds. The smallest absolute Gasteiger partial charge is 0.126 e. The fourth-order valence-electron chi connectivity index (χ4n) is 2.11. The average Bonchev–Trinajstić information content (AvgIpc) is 2.98. The summed E-state index contributed by atoms with van der Waals surface area (Å²) in [7, 11) is 0. The molecule has 0 aliphatic heterocycles. The molecule has 0 spiro atoms. The lowest BCUT2D eigenvalue weighted by molar-refractivity contribution is 0.554. The van der Waals surface area contributed by atoms with E-state index in [0.717, 1.165) is 12.1 Å². The first-order chi connectivity index (χ1) is 7.58. The van der Waals surface area contributed by atoms with Gasteiger partial charge in [0, 0.05) is 6.04 Å². The predicted octanol–water partition coefficient (Wildman–Crippen LogP) is 3.24. The van der Waals surface area contributed by atoms with Crippen LogP contribution in [0.25, 0.3) is 0 Å². The maximum absolute atomic E-state index is 13.4. The van der Waals surface area contributed by atoms with Crippen molar-refractivity contribution in [2.24, 2.45) is 5.92 Å². The number of aryl methyl sites for hydroxylation is 1. The molecule has 0 radical (unpaired) electrons. The van der Waals surface area contributed by atoms with Crippen LogP contribution in [0.1, 0.15) is 37.3 Å². The molecule has 1 saturated carbocycles. The van der Waals surface area contributed by atoms with Gasteiger partial charge in [-0.1, -0.05) is 26.0 Å². The van der Waals surface area contributed by atoms with Crippen molar-refractivity contribution in [3.05, 3.63) is 35.1 Å². The third kappa shape index (κ3) is 2.62. The minimum atomic E-state index is -0.0695. The molecule has 0 saturated heterocycles. The zero-order valence-corrected chi connectivity index (χ0v) is 10.3. The van der Waals surface area contributed by atoms with Gasteiger partial charge >= 0.3 is 0 Å². The molecule has 0 bridgehead atoms. The van der Waals surface area contributed by atoms with Gasteiger partial charge in [-0.2, -0.15) is 0 Å². The molecule has 1 N–H and O–H groups in total. The van der Waals surface area contributed by atoms with Crippen LogP contribution in [0.4, 0.5) is 4.39 Å². The topological polar surface area (TPSA) is 12.0 Å². The molecule has 0 heterocycles. The number of halogens is 1. The van der Waals surface area contributed by atoms with Gasteiger partial charge in [-0.15, -0.1) is 0 Å². The largest absolute Gasteiger partial charge is 0.314 e. The molecule has 1 aromatic carbocycles. The lowest BCUT2D eigenvalue weighted by atomic mass is 10.1. The van der Waals surface area contributed by atoms with E-state index < -0.39 is 0 Å². The minimum absolute atomic E-state index is 0.0695. The van der Waals surface area contributed by atoms with Crippen molar-refractivity contribution in [2.45, 2.75) is 39.2 Å². The van der Waals surface area contributed by atoms with Gasteiger partial charge < -0.3 is 5.32 Å². The summed E-state index contributed by atoms with van der Waals surface area (Å²) < 4.78 is 13.4. The molecule has 1 aromatic rings. The van der Waals surface area contributed by atoms with E-state index in [0.29, 0.717) is 17.9 Å². The highest BCUT2D eigenvalue weighted by Gasteiger charge is 2.37. The molecule has 1 aliphatic rings. The summed E-state index contributed by atoms with van der Waals surface area (Å²) in [5.74, 6) is 1.20. The maximum Gasteiger partial charge on any atom is 0.126 e. The van der Waals surface area contributed by atoms with Crippen molar-refractivity contribution in [1.82, 2.24) is 5.32 Å². The normalized spacial score (nSPS) is 23.8. The lowest BCUT2D eigenvalue weighted by Gasteiger charge is -2.07.